The number of carbonyl (C=O) groups excluding carboxylic acids is 1. The second kappa shape index (κ2) is 8.45. The predicted octanol–water partition coefficient (Wildman–Crippen LogP) is 3.29. The van der Waals surface area contributed by atoms with Crippen LogP contribution in [-0.2, 0) is 10.0 Å². The maximum absolute atomic E-state index is 12.9. The molecule has 2 aromatic carbocycles. The maximum atomic E-state index is 12.9. The van der Waals surface area contributed by atoms with Gasteiger partial charge in [0.25, 0.3) is 5.91 Å². The van der Waals surface area contributed by atoms with E-state index in [4.69, 9.17) is 11.6 Å². The van der Waals surface area contributed by atoms with Gasteiger partial charge in [-0.15, -0.1) is 0 Å². The number of nitrogens with zero attached hydrogens (tertiary/aromatic N) is 4. The van der Waals surface area contributed by atoms with Crippen LogP contribution in [0.1, 0.15) is 21.7 Å². The maximum Gasteiger partial charge on any atom is 0.253 e. The van der Waals surface area contributed by atoms with E-state index in [0.717, 1.165) is 17.1 Å². The van der Waals surface area contributed by atoms with E-state index in [9.17, 15) is 13.2 Å². The van der Waals surface area contributed by atoms with Crippen molar-refractivity contribution in [3.63, 3.8) is 0 Å². The van der Waals surface area contributed by atoms with E-state index in [0.29, 0.717) is 23.7 Å². The van der Waals surface area contributed by atoms with E-state index >= 15 is 0 Å². The molecule has 0 spiro atoms. The van der Waals surface area contributed by atoms with Crippen LogP contribution in [0.5, 0.6) is 0 Å². The largest absolute Gasteiger partial charge is 0.336 e. The van der Waals surface area contributed by atoms with Gasteiger partial charge in [0, 0.05) is 42.5 Å². The molecule has 2 heterocycles. The summed E-state index contributed by atoms with van der Waals surface area (Å²) in [6.07, 6.45) is 0. The molecule has 1 aromatic heterocycles. The van der Waals surface area contributed by atoms with Gasteiger partial charge in [-0.1, -0.05) is 11.6 Å². The van der Waals surface area contributed by atoms with Crippen molar-refractivity contribution in [1.29, 1.82) is 0 Å². The van der Waals surface area contributed by atoms with E-state index < -0.39 is 10.0 Å². The zero-order valence-electron chi connectivity index (χ0n) is 17.3. The molecular weight excluding hydrogens is 436 g/mol. The lowest BCUT2D eigenvalue weighted by Crippen LogP contribution is -2.50. The SMILES string of the molecule is Cc1cc(C)n(-c2ccc(C(=O)N3CCN(S(=O)(=O)c4ccc(Cl)cc4)CC3)cc2)n1. The molecule has 162 valence electrons. The molecule has 0 N–H and O–H groups in total. The van der Waals surface area contributed by atoms with E-state index in [1.807, 2.05) is 36.7 Å². The van der Waals surface area contributed by atoms with Gasteiger partial charge >= 0.3 is 0 Å². The standard InChI is InChI=1S/C22H23ClN4O3S/c1-16-15-17(2)27(24-16)20-7-3-18(4-8-20)22(28)25-11-13-26(14-12-25)31(29,30)21-9-5-19(23)6-10-21/h3-10,15H,11-14H2,1-2H3. The number of benzene rings is 2. The fourth-order valence-electron chi connectivity index (χ4n) is 3.71. The molecule has 31 heavy (non-hydrogen) atoms. The van der Waals surface area contributed by atoms with Crippen molar-refractivity contribution >= 4 is 27.5 Å². The summed E-state index contributed by atoms with van der Waals surface area (Å²) in [6, 6.07) is 15.4. The zero-order chi connectivity index (χ0) is 22.2. The highest BCUT2D eigenvalue weighted by Crippen LogP contribution is 2.21. The van der Waals surface area contributed by atoms with Crippen molar-refractivity contribution in [2.24, 2.45) is 0 Å². The molecule has 1 amide bonds. The summed E-state index contributed by atoms with van der Waals surface area (Å²) in [5.41, 5.74) is 3.42. The monoisotopic (exact) mass is 458 g/mol. The van der Waals surface area contributed by atoms with Gasteiger partial charge in [0.2, 0.25) is 10.0 Å². The Morgan fingerprint density at radius 2 is 1.55 bits per heavy atom. The number of aromatic nitrogens is 2. The van der Waals surface area contributed by atoms with Crippen LogP contribution < -0.4 is 0 Å². The quantitative estimate of drug-likeness (QED) is 0.601. The van der Waals surface area contributed by atoms with Gasteiger partial charge in [0.15, 0.2) is 0 Å². The first-order valence-corrected chi connectivity index (χ1v) is 11.8. The Kier molecular flexibility index (Phi) is 5.88. The van der Waals surface area contributed by atoms with Crippen LogP contribution >= 0.6 is 11.6 Å². The Balaban J connectivity index is 1.42. The van der Waals surface area contributed by atoms with Crippen LogP contribution in [0.15, 0.2) is 59.5 Å². The Morgan fingerprint density at radius 3 is 2.10 bits per heavy atom. The van der Waals surface area contributed by atoms with Crippen molar-refractivity contribution in [1.82, 2.24) is 19.0 Å². The molecular formula is C22H23ClN4O3S. The number of carbonyl (C=O) groups is 1. The number of sulfonamides is 1. The van der Waals surface area contributed by atoms with E-state index in [2.05, 4.69) is 5.10 Å². The highest BCUT2D eigenvalue weighted by molar-refractivity contribution is 7.89. The number of hydrogen-bond donors (Lipinski definition) is 0. The Hall–Kier alpha value is -2.68. The second-order valence-electron chi connectivity index (χ2n) is 7.54. The Morgan fingerprint density at radius 1 is 0.935 bits per heavy atom. The molecule has 0 bridgehead atoms. The Labute approximate surface area is 186 Å². The molecule has 3 aromatic rings. The Bertz CT molecular complexity index is 1200. The number of aryl methyl sites for hydroxylation is 2. The van der Waals surface area contributed by atoms with Crippen LogP contribution in [0.25, 0.3) is 5.69 Å². The first kappa shape index (κ1) is 21.5. The van der Waals surface area contributed by atoms with Crippen LogP contribution in [0.4, 0.5) is 0 Å². The number of halogens is 1. The van der Waals surface area contributed by atoms with Crippen molar-refractivity contribution in [3.8, 4) is 5.69 Å². The zero-order valence-corrected chi connectivity index (χ0v) is 18.9. The van der Waals surface area contributed by atoms with Crippen LogP contribution in [0, 0.1) is 13.8 Å². The summed E-state index contributed by atoms with van der Waals surface area (Å²) < 4.78 is 28.9. The smallest absolute Gasteiger partial charge is 0.253 e. The third-order valence-electron chi connectivity index (χ3n) is 5.35. The van der Waals surface area contributed by atoms with Crippen LogP contribution in [-0.4, -0.2) is 59.5 Å². The molecule has 1 fully saturated rings. The highest BCUT2D eigenvalue weighted by Gasteiger charge is 2.30. The summed E-state index contributed by atoms with van der Waals surface area (Å²) in [4.78, 5) is 14.8. The molecule has 9 heteroatoms. The van der Waals surface area contributed by atoms with Crippen molar-refractivity contribution in [2.75, 3.05) is 26.2 Å². The summed E-state index contributed by atoms with van der Waals surface area (Å²) in [7, 11) is -3.60. The summed E-state index contributed by atoms with van der Waals surface area (Å²) >= 11 is 5.86. The van der Waals surface area contributed by atoms with Crippen LogP contribution in [0.2, 0.25) is 5.02 Å². The first-order valence-electron chi connectivity index (χ1n) is 9.94. The normalized spacial score (nSPS) is 15.3. The molecule has 0 saturated carbocycles. The van der Waals surface area contributed by atoms with Gasteiger partial charge in [0.05, 0.1) is 16.3 Å². The topological polar surface area (TPSA) is 75.5 Å². The third kappa shape index (κ3) is 4.37. The average Bonchev–Trinajstić information content (AvgIpc) is 3.11. The number of piperazine rings is 1. The molecule has 4 rings (SSSR count). The van der Waals surface area contributed by atoms with E-state index in [1.54, 1.807) is 29.2 Å². The lowest BCUT2D eigenvalue weighted by Gasteiger charge is -2.34. The minimum absolute atomic E-state index is 0.108. The van der Waals surface area contributed by atoms with Gasteiger partial charge in [0.1, 0.15) is 0 Å². The minimum atomic E-state index is -3.60. The lowest BCUT2D eigenvalue weighted by molar-refractivity contribution is 0.0698. The first-order chi connectivity index (χ1) is 14.8. The molecule has 1 aliphatic rings. The van der Waals surface area contributed by atoms with Gasteiger partial charge in [-0.05, 0) is 68.4 Å². The number of amides is 1. The lowest BCUT2D eigenvalue weighted by atomic mass is 10.1. The van der Waals surface area contributed by atoms with Crippen molar-refractivity contribution in [3.05, 3.63) is 76.6 Å². The van der Waals surface area contributed by atoms with E-state index in [1.165, 1.54) is 16.4 Å². The molecule has 0 aliphatic carbocycles. The predicted molar refractivity (Wildman–Crippen MR) is 119 cm³/mol. The molecule has 0 radical (unpaired) electrons. The van der Waals surface area contributed by atoms with Gasteiger partial charge in [-0.3, -0.25) is 4.79 Å². The summed E-state index contributed by atoms with van der Waals surface area (Å²) in [6.45, 7) is 5.10. The number of hydrogen-bond acceptors (Lipinski definition) is 4. The molecule has 0 atom stereocenters. The second-order valence-corrected chi connectivity index (χ2v) is 9.91. The molecule has 7 nitrogen and oxygen atoms in total. The number of rotatable bonds is 4. The minimum Gasteiger partial charge on any atom is -0.336 e. The fourth-order valence-corrected chi connectivity index (χ4v) is 5.25. The van der Waals surface area contributed by atoms with Crippen molar-refractivity contribution in [2.45, 2.75) is 18.7 Å². The van der Waals surface area contributed by atoms with Crippen LogP contribution in [0.3, 0.4) is 0 Å². The summed E-state index contributed by atoms with van der Waals surface area (Å²) in [5, 5.41) is 4.94. The highest BCUT2D eigenvalue weighted by atomic mass is 35.5. The molecule has 1 aliphatic heterocycles. The van der Waals surface area contributed by atoms with Gasteiger partial charge in [-0.25, -0.2) is 13.1 Å². The van der Waals surface area contributed by atoms with Gasteiger partial charge < -0.3 is 4.90 Å². The van der Waals surface area contributed by atoms with Crippen molar-refractivity contribution < 1.29 is 13.2 Å². The summed E-state index contributed by atoms with van der Waals surface area (Å²) in [5.74, 6) is -0.108. The molecule has 1 saturated heterocycles. The fraction of sp³-hybridized carbons (Fsp3) is 0.273. The third-order valence-corrected chi connectivity index (χ3v) is 7.51. The molecule has 0 unspecified atom stereocenters. The van der Waals surface area contributed by atoms with Gasteiger partial charge in [-0.2, -0.15) is 9.40 Å². The van der Waals surface area contributed by atoms with E-state index in [-0.39, 0.29) is 23.9 Å². The average molecular weight is 459 g/mol.